The molecule has 2 aromatic heterocycles. The van der Waals surface area contributed by atoms with Crippen LogP contribution < -0.4 is 5.32 Å². The van der Waals surface area contributed by atoms with E-state index in [0.29, 0.717) is 17.4 Å². The van der Waals surface area contributed by atoms with Gasteiger partial charge in [-0.05, 0) is 31.0 Å². The molecule has 106 valence electrons. The van der Waals surface area contributed by atoms with E-state index in [1.165, 1.54) is 19.2 Å². The summed E-state index contributed by atoms with van der Waals surface area (Å²) in [6.07, 6.45) is 9.41. The molecule has 1 atom stereocenters. The molecule has 0 spiro atoms. The fourth-order valence-corrected chi connectivity index (χ4v) is 2.90. The number of pyridine rings is 1. The molecule has 5 heteroatoms. The number of nitrogens with zero attached hydrogens (tertiary/aromatic N) is 4. The van der Waals surface area contributed by atoms with Crippen LogP contribution in [0.3, 0.4) is 0 Å². The van der Waals surface area contributed by atoms with Crippen molar-refractivity contribution in [3.05, 3.63) is 54.4 Å². The molecule has 1 fully saturated rings. The average Bonchev–Trinajstić information content (AvgIpc) is 3.07. The fraction of sp³-hybridized carbons (Fsp3) is 0.375. The third-order valence-electron chi connectivity index (χ3n) is 3.96. The summed E-state index contributed by atoms with van der Waals surface area (Å²) in [5, 5.41) is 13.4. The van der Waals surface area contributed by atoms with Gasteiger partial charge in [0.15, 0.2) is 5.54 Å². The van der Waals surface area contributed by atoms with Crippen LogP contribution in [0, 0.1) is 11.3 Å². The lowest BCUT2D eigenvalue weighted by Gasteiger charge is -2.30. The molecule has 1 N–H and O–H groups in total. The Hall–Kier alpha value is -2.32. The zero-order valence-electron chi connectivity index (χ0n) is 11.7. The molecular formula is C16H17N5. The van der Waals surface area contributed by atoms with Crippen LogP contribution >= 0.6 is 0 Å². The summed E-state index contributed by atoms with van der Waals surface area (Å²) in [4.78, 5) is 12.6. The zero-order valence-corrected chi connectivity index (χ0v) is 11.7. The normalized spacial score (nSPS) is 18.0. The molecule has 1 saturated carbocycles. The molecule has 3 rings (SSSR count). The second-order valence-electron chi connectivity index (χ2n) is 5.30. The first kappa shape index (κ1) is 13.7. The topological polar surface area (TPSA) is 74.5 Å². The SMILES string of the molecule is N#CC(NC1CCCC1)(c1ccccn1)c1ccncn1. The van der Waals surface area contributed by atoms with Gasteiger partial charge in [-0.15, -0.1) is 0 Å². The standard InChI is InChI=1S/C16H17N5/c17-11-16(14-7-3-4-9-19-14,15-8-10-18-12-20-15)21-13-5-1-2-6-13/h3-4,7-10,12-13,21H,1-2,5-6H2. The summed E-state index contributed by atoms with van der Waals surface area (Å²) in [5.41, 5.74) is 0.308. The highest BCUT2D eigenvalue weighted by Gasteiger charge is 2.39. The van der Waals surface area contributed by atoms with Gasteiger partial charge in [-0.1, -0.05) is 18.9 Å². The van der Waals surface area contributed by atoms with E-state index in [0.717, 1.165) is 12.8 Å². The van der Waals surface area contributed by atoms with Gasteiger partial charge in [0.2, 0.25) is 0 Å². The van der Waals surface area contributed by atoms with E-state index in [1.54, 1.807) is 18.5 Å². The first-order chi connectivity index (χ1) is 10.3. The molecule has 1 unspecified atom stereocenters. The lowest BCUT2D eigenvalue weighted by Crippen LogP contribution is -2.48. The third kappa shape index (κ3) is 2.63. The van der Waals surface area contributed by atoms with Crippen molar-refractivity contribution in [2.75, 3.05) is 0 Å². The summed E-state index contributed by atoms with van der Waals surface area (Å²) >= 11 is 0. The number of nitrogens with one attached hydrogen (secondary N) is 1. The van der Waals surface area contributed by atoms with Crippen LogP contribution in [0.15, 0.2) is 43.0 Å². The van der Waals surface area contributed by atoms with Crippen molar-refractivity contribution in [3.63, 3.8) is 0 Å². The maximum atomic E-state index is 9.93. The quantitative estimate of drug-likeness (QED) is 0.928. The van der Waals surface area contributed by atoms with Crippen molar-refractivity contribution in [2.24, 2.45) is 0 Å². The first-order valence-electron chi connectivity index (χ1n) is 7.22. The first-order valence-corrected chi connectivity index (χ1v) is 7.22. The van der Waals surface area contributed by atoms with Gasteiger partial charge in [0.05, 0.1) is 17.5 Å². The highest BCUT2D eigenvalue weighted by atomic mass is 15.1. The molecule has 0 radical (unpaired) electrons. The maximum Gasteiger partial charge on any atom is 0.192 e. The Labute approximate surface area is 124 Å². The minimum absolute atomic E-state index is 0.321. The van der Waals surface area contributed by atoms with E-state index in [-0.39, 0.29) is 0 Å². The van der Waals surface area contributed by atoms with Gasteiger partial charge in [0, 0.05) is 18.4 Å². The van der Waals surface area contributed by atoms with E-state index >= 15 is 0 Å². The average molecular weight is 279 g/mol. The second kappa shape index (κ2) is 5.98. The van der Waals surface area contributed by atoms with Gasteiger partial charge < -0.3 is 0 Å². The summed E-state index contributed by atoms with van der Waals surface area (Å²) in [6, 6.07) is 10.1. The van der Waals surface area contributed by atoms with Crippen molar-refractivity contribution in [1.82, 2.24) is 20.3 Å². The molecule has 2 aromatic rings. The van der Waals surface area contributed by atoms with Gasteiger partial charge in [0.1, 0.15) is 6.33 Å². The van der Waals surface area contributed by atoms with E-state index in [1.807, 2.05) is 18.2 Å². The summed E-state index contributed by atoms with van der Waals surface area (Å²) in [6.45, 7) is 0. The molecule has 1 aliphatic carbocycles. The van der Waals surface area contributed by atoms with Gasteiger partial charge in [0.25, 0.3) is 0 Å². The lowest BCUT2D eigenvalue weighted by atomic mass is 9.90. The zero-order chi connectivity index (χ0) is 14.5. The van der Waals surface area contributed by atoms with E-state index in [2.05, 4.69) is 26.3 Å². The Morgan fingerprint density at radius 2 is 1.90 bits per heavy atom. The van der Waals surface area contributed by atoms with Crippen LogP contribution in [-0.4, -0.2) is 21.0 Å². The van der Waals surface area contributed by atoms with E-state index in [4.69, 9.17) is 0 Å². The maximum absolute atomic E-state index is 9.93. The van der Waals surface area contributed by atoms with Crippen LogP contribution in [0.25, 0.3) is 0 Å². The lowest BCUT2D eigenvalue weighted by molar-refractivity contribution is 0.397. The van der Waals surface area contributed by atoms with Crippen molar-refractivity contribution >= 4 is 0 Å². The number of hydrogen-bond acceptors (Lipinski definition) is 5. The number of aromatic nitrogens is 3. The Morgan fingerprint density at radius 3 is 2.52 bits per heavy atom. The Balaban J connectivity index is 2.06. The molecule has 0 aromatic carbocycles. The minimum Gasteiger partial charge on any atom is -0.286 e. The van der Waals surface area contributed by atoms with Crippen LogP contribution in [0.4, 0.5) is 0 Å². The highest BCUT2D eigenvalue weighted by molar-refractivity contribution is 5.37. The van der Waals surface area contributed by atoms with Crippen LogP contribution in [0.1, 0.15) is 37.1 Å². The van der Waals surface area contributed by atoms with Gasteiger partial charge >= 0.3 is 0 Å². The predicted molar refractivity (Wildman–Crippen MR) is 78.1 cm³/mol. The molecular weight excluding hydrogens is 262 g/mol. The monoisotopic (exact) mass is 279 g/mol. The largest absolute Gasteiger partial charge is 0.286 e. The highest BCUT2D eigenvalue weighted by Crippen LogP contribution is 2.30. The summed E-state index contributed by atoms with van der Waals surface area (Å²) in [5.74, 6) is 0. The smallest absolute Gasteiger partial charge is 0.192 e. The predicted octanol–water partition coefficient (Wildman–Crippen LogP) is 2.17. The second-order valence-corrected chi connectivity index (χ2v) is 5.30. The number of rotatable bonds is 4. The molecule has 21 heavy (non-hydrogen) atoms. The Kier molecular flexibility index (Phi) is 3.89. The molecule has 1 aliphatic rings. The van der Waals surface area contributed by atoms with Crippen molar-refractivity contribution in [1.29, 1.82) is 5.26 Å². The van der Waals surface area contributed by atoms with Crippen LogP contribution in [0.2, 0.25) is 0 Å². The van der Waals surface area contributed by atoms with Crippen molar-refractivity contribution in [2.45, 2.75) is 37.3 Å². The molecule has 0 bridgehead atoms. The van der Waals surface area contributed by atoms with E-state index < -0.39 is 5.54 Å². The molecule has 0 saturated heterocycles. The summed E-state index contributed by atoms with van der Waals surface area (Å²) < 4.78 is 0. The van der Waals surface area contributed by atoms with Gasteiger partial charge in [-0.3, -0.25) is 10.3 Å². The van der Waals surface area contributed by atoms with Crippen molar-refractivity contribution in [3.8, 4) is 6.07 Å². The number of nitriles is 1. The third-order valence-corrected chi connectivity index (χ3v) is 3.96. The van der Waals surface area contributed by atoms with Crippen molar-refractivity contribution < 1.29 is 0 Å². The van der Waals surface area contributed by atoms with E-state index in [9.17, 15) is 5.26 Å². The summed E-state index contributed by atoms with van der Waals surface area (Å²) in [7, 11) is 0. The van der Waals surface area contributed by atoms with Gasteiger partial charge in [-0.2, -0.15) is 5.26 Å². The fourth-order valence-electron chi connectivity index (χ4n) is 2.90. The Bertz CT molecular complexity index is 575. The van der Waals surface area contributed by atoms with Crippen LogP contribution in [-0.2, 0) is 5.54 Å². The Morgan fingerprint density at radius 1 is 1.10 bits per heavy atom. The molecule has 0 aliphatic heterocycles. The minimum atomic E-state index is -1.01. The van der Waals surface area contributed by atoms with Crippen LogP contribution in [0.5, 0.6) is 0 Å². The molecule has 2 heterocycles. The molecule has 0 amide bonds. The molecule has 5 nitrogen and oxygen atoms in total. The number of hydrogen-bond donors (Lipinski definition) is 1. The van der Waals surface area contributed by atoms with Gasteiger partial charge in [-0.25, -0.2) is 9.97 Å².